The number of likely N-dealkylation sites (N-methyl/N-ethyl adjacent to an activating group) is 1. The van der Waals surface area contributed by atoms with Crippen LogP contribution in [-0.2, 0) is 9.59 Å². The summed E-state index contributed by atoms with van der Waals surface area (Å²) in [4.78, 5) is 25.5. The third-order valence-corrected chi connectivity index (χ3v) is 3.69. The van der Waals surface area contributed by atoms with Crippen molar-refractivity contribution in [3.63, 3.8) is 0 Å². The number of amides is 2. The molecule has 3 N–H and O–H groups in total. The SMILES string of the molecule is CC(C)[C@H](N)C(=O)NCC(=O)N(C)C(C)c1ccccc1.Cl. The standard InChI is InChI=1S/C16H25N3O2.ClH/c1-11(2)15(17)16(21)18-10-14(20)19(4)12(3)13-8-6-5-7-9-13;/h5-9,11-12,15H,10,17H2,1-4H3,(H,18,21);1H/t12?,15-;/m0./s1. The largest absolute Gasteiger partial charge is 0.346 e. The summed E-state index contributed by atoms with van der Waals surface area (Å²) in [6.07, 6.45) is 0. The Balaban J connectivity index is 0.00000441. The summed E-state index contributed by atoms with van der Waals surface area (Å²) < 4.78 is 0. The molecule has 0 aliphatic rings. The number of rotatable bonds is 6. The first-order valence-corrected chi connectivity index (χ1v) is 7.18. The van der Waals surface area contributed by atoms with E-state index in [1.807, 2.05) is 51.1 Å². The van der Waals surface area contributed by atoms with Crippen LogP contribution in [0, 0.1) is 5.92 Å². The molecule has 0 aliphatic carbocycles. The Hall–Kier alpha value is -1.59. The van der Waals surface area contributed by atoms with Gasteiger partial charge >= 0.3 is 0 Å². The monoisotopic (exact) mass is 327 g/mol. The fraction of sp³-hybridized carbons (Fsp3) is 0.500. The van der Waals surface area contributed by atoms with Crippen molar-refractivity contribution in [3.05, 3.63) is 35.9 Å². The van der Waals surface area contributed by atoms with Gasteiger partial charge in [0.05, 0.1) is 18.6 Å². The van der Waals surface area contributed by atoms with Crippen LogP contribution in [0.3, 0.4) is 0 Å². The summed E-state index contributed by atoms with van der Waals surface area (Å²) in [5.41, 5.74) is 6.79. The van der Waals surface area contributed by atoms with Crippen LogP contribution in [-0.4, -0.2) is 36.3 Å². The van der Waals surface area contributed by atoms with Crippen molar-refractivity contribution in [2.24, 2.45) is 11.7 Å². The molecule has 2 atom stereocenters. The lowest BCUT2D eigenvalue weighted by Crippen LogP contribution is -2.47. The molecule has 0 bridgehead atoms. The van der Waals surface area contributed by atoms with Crippen molar-refractivity contribution in [3.8, 4) is 0 Å². The highest BCUT2D eigenvalue weighted by Gasteiger charge is 2.20. The van der Waals surface area contributed by atoms with E-state index < -0.39 is 6.04 Å². The van der Waals surface area contributed by atoms with E-state index in [4.69, 9.17) is 5.73 Å². The molecule has 1 unspecified atom stereocenters. The predicted molar refractivity (Wildman–Crippen MR) is 90.7 cm³/mol. The van der Waals surface area contributed by atoms with Gasteiger partial charge < -0.3 is 16.0 Å². The zero-order chi connectivity index (χ0) is 16.0. The number of benzene rings is 1. The highest BCUT2D eigenvalue weighted by Crippen LogP contribution is 2.17. The van der Waals surface area contributed by atoms with E-state index in [0.29, 0.717) is 0 Å². The van der Waals surface area contributed by atoms with Crippen LogP contribution < -0.4 is 11.1 Å². The first-order chi connectivity index (χ1) is 9.84. The molecule has 0 spiro atoms. The van der Waals surface area contributed by atoms with Gasteiger partial charge in [-0.3, -0.25) is 9.59 Å². The van der Waals surface area contributed by atoms with Gasteiger partial charge in [0, 0.05) is 7.05 Å². The van der Waals surface area contributed by atoms with Gasteiger partial charge in [0.15, 0.2) is 0 Å². The molecule has 0 saturated carbocycles. The van der Waals surface area contributed by atoms with Crippen LogP contribution in [0.25, 0.3) is 0 Å². The van der Waals surface area contributed by atoms with Crippen LogP contribution in [0.5, 0.6) is 0 Å². The Bertz CT molecular complexity index is 480. The molecule has 22 heavy (non-hydrogen) atoms. The number of nitrogens with one attached hydrogen (secondary N) is 1. The number of carbonyl (C=O) groups excluding carboxylic acids is 2. The quantitative estimate of drug-likeness (QED) is 0.835. The second kappa shape index (κ2) is 9.43. The molecule has 2 amide bonds. The maximum absolute atomic E-state index is 12.1. The highest BCUT2D eigenvalue weighted by atomic mass is 35.5. The number of halogens is 1. The Morgan fingerprint density at radius 3 is 2.23 bits per heavy atom. The van der Waals surface area contributed by atoms with Gasteiger partial charge in [-0.15, -0.1) is 12.4 Å². The van der Waals surface area contributed by atoms with Gasteiger partial charge in [-0.1, -0.05) is 44.2 Å². The molecular weight excluding hydrogens is 302 g/mol. The molecule has 0 fully saturated rings. The van der Waals surface area contributed by atoms with Gasteiger partial charge in [0.1, 0.15) is 0 Å². The van der Waals surface area contributed by atoms with Gasteiger partial charge in [-0.05, 0) is 18.4 Å². The van der Waals surface area contributed by atoms with Crippen molar-refractivity contribution in [1.29, 1.82) is 0 Å². The minimum atomic E-state index is -0.588. The second-order valence-corrected chi connectivity index (χ2v) is 5.58. The maximum Gasteiger partial charge on any atom is 0.242 e. The summed E-state index contributed by atoms with van der Waals surface area (Å²) in [6.45, 7) is 5.66. The number of nitrogens with zero attached hydrogens (tertiary/aromatic N) is 1. The summed E-state index contributed by atoms with van der Waals surface area (Å²) in [5, 5.41) is 2.60. The van der Waals surface area contributed by atoms with E-state index in [0.717, 1.165) is 5.56 Å². The molecule has 0 saturated heterocycles. The molecule has 0 aliphatic heterocycles. The fourth-order valence-corrected chi connectivity index (χ4v) is 1.88. The number of carbonyl (C=O) groups is 2. The topological polar surface area (TPSA) is 75.4 Å². The summed E-state index contributed by atoms with van der Waals surface area (Å²) in [5.74, 6) is -0.393. The van der Waals surface area contributed by atoms with E-state index >= 15 is 0 Å². The molecular formula is C16H26ClN3O2. The molecule has 0 aromatic heterocycles. The van der Waals surface area contributed by atoms with Gasteiger partial charge in [-0.2, -0.15) is 0 Å². The fourth-order valence-electron chi connectivity index (χ4n) is 1.88. The minimum Gasteiger partial charge on any atom is -0.346 e. The third kappa shape index (κ3) is 5.66. The number of hydrogen-bond donors (Lipinski definition) is 2. The number of nitrogens with two attached hydrogens (primary N) is 1. The van der Waals surface area contributed by atoms with Crippen LogP contribution >= 0.6 is 12.4 Å². The molecule has 1 aromatic carbocycles. The van der Waals surface area contributed by atoms with Crippen LogP contribution in [0.15, 0.2) is 30.3 Å². The average molecular weight is 328 g/mol. The zero-order valence-corrected chi connectivity index (χ0v) is 14.4. The van der Waals surface area contributed by atoms with Gasteiger partial charge in [-0.25, -0.2) is 0 Å². The van der Waals surface area contributed by atoms with Crippen molar-refractivity contribution in [2.45, 2.75) is 32.9 Å². The van der Waals surface area contributed by atoms with Crippen LogP contribution in [0.2, 0.25) is 0 Å². The van der Waals surface area contributed by atoms with Crippen LogP contribution in [0.1, 0.15) is 32.4 Å². The minimum absolute atomic E-state index is 0. The molecule has 5 nitrogen and oxygen atoms in total. The van der Waals surface area contributed by atoms with E-state index in [1.165, 1.54) is 0 Å². The average Bonchev–Trinajstić information content (AvgIpc) is 2.50. The lowest BCUT2D eigenvalue weighted by atomic mass is 10.1. The molecule has 0 heterocycles. The van der Waals surface area contributed by atoms with E-state index in [-0.39, 0.29) is 42.7 Å². The van der Waals surface area contributed by atoms with E-state index in [9.17, 15) is 9.59 Å². The predicted octanol–water partition coefficient (Wildman–Crippen LogP) is 1.73. The number of hydrogen-bond acceptors (Lipinski definition) is 3. The Labute approximate surface area is 138 Å². The molecule has 0 radical (unpaired) electrons. The first kappa shape index (κ1) is 20.4. The van der Waals surface area contributed by atoms with Crippen molar-refractivity contribution < 1.29 is 9.59 Å². The van der Waals surface area contributed by atoms with Crippen molar-refractivity contribution in [2.75, 3.05) is 13.6 Å². The zero-order valence-electron chi connectivity index (χ0n) is 13.6. The Kier molecular flexibility index (Phi) is 8.75. The lowest BCUT2D eigenvalue weighted by molar-refractivity contribution is -0.133. The highest BCUT2D eigenvalue weighted by molar-refractivity contribution is 5.87. The summed E-state index contributed by atoms with van der Waals surface area (Å²) in [7, 11) is 1.73. The van der Waals surface area contributed by atoms with Crippen molar-refractivity contribution in [1.82, 2.24) is 10.2 Å². The first-order valence-electron chi connectivity index (χ1n) is 7.18. The maximum atomic E-state index is 12.1. The summed E-state index contributed by atoms with van der Waals surface area (Å²) in [6, 6.07) is 9.12. The third-order valence-electron chi connectivity index (χ3n) is 3.69. The second-order valence-electron chi connectivity index (χ2n) is 5.58. The smallest absolute Gasteiger partial charge is 0.242 e. The summed E-state index contributed by atoms with van der Waals surface area (Å²) >= 11 is 0. The van der Waals surface area contributed by atoms with Crippen molar-refractivity contribution >= 4 is 24.2 Å². The molecule has 1 rings (SSSR count). The van der Waals surface area contributed by atoms with E-state index in [2.05, 4.69) is 5.32 Å². The molecule has 124 valence electrons. The normalized spacial score (nSPS) is 13.0. The van der Waals surface area contributed by atoms with Gasteiger partial charge in [0.25, 0.3) is 0 Å². The Morgan fingerprint density at radius 1 is 1.18 bits per heavy atom. The molecule has 6 heteroatoms. The lowest BCUT2D eigenvalue weighted by Gasteiger charge is -2.26. The van der Waals surface area contributed by atoms with E-state index in [1.54, 1.807) is 11.9 Å². The molecule has 1 aromatic rings. The Morgan fingerprint density at radius 2 is 1.73 bits per heavy atom. The van der Waals surface area contributed by atoms with Crippen LogP contribution in [0.4, 0.5) is 0 Å². The van der Waals surface area contributed by atoms with Gasteiger partial charge in [0.2, 0.25) is 11.8 Å².